The lowest BCUT2D eigenvalue weighted by Gasteiger charge is -2.08. The summed E-state index contributed by atoms with van der Waals surface area (Å²) in [5.41, 5.74) is 0. The van der Waals surface area contributed by atoms with Crippen molar-refractivity contribution in [1.29, 1.82) is 0 Å². The van der Waals surface area contributed by atoms with E-state index in [-0.39, 0.29) is 19.3 Å². The Morgan fingerprint density at radius 3 is 2.40 bits per heavy atom. The molecule has 0 saturated carbocycles. The van der Waals surface area contributed by atoms with E-state index in [9.17, 15) is 4.39 Å². The lowest BCUT2D eigenvalue weighted by Crippen LogP contribution is -2.02. The van der Waals surface area contributed by atoms with Gasteiger partial charge in [-0.05, 0) is 12.1 Å². The molecule has 0 aliphatic rings. The molecule has 0 aromatic heterocycles. The highest BCUT2D eigenvalue weighted by molar-refractivity contribution is 5.34. The second kappa shape index (κ2) is 6.21. The zero-order chi connectivity index (χ0) is 11.1. The molecule has 0 bridgehead atoms. The Labute approximate surface area is 87.5 Å². The van der Waals surface area contributed by atoms with Crippen molar-refractivity contribution in [3.63, 3.8) is 0 Å². The van der Waals surface area contributed by atoms with Crippen molar-refractivity contribution in [2.75, 3.05) is 27.8 Å². The highest BCUT2D eigenvalue weighted by Crippen LogP contribution is 2.23. The van der Waals surface area contributed by atoms with Crippen molar-refractivity contribution in [2.45, 2.75) is 0 Å². The first-order valence-corrected chi connectivity index (χ1v) is 4.31. The van der Waals surface area contributed by atoms with Gasteiger partial charge in [0.25, 0.3) is 0 Å². The lowest BCUT2D eigenvalue weighted by atomic mass is 10.3. The molecule has 0 aliphatic carbocycles. The summed E-state index contributed by atoms with van der Waals surface area (Å²) >= 11 is 0. The SMILES string of the molecule is COCOc1ccc(F)c(OCOC)c1. The van der Waals surface area contributed by atoms with E-state index >= 15 is 0 Å². The topological polar surface area (TPSA) is 36.9 Å². The Kier molecular flexibility index (Phi) is 4.86. The molecule has 0 amide bonds. The molecule has 0 N–H and O–H groups in total. The van der Waals surface area contributed by atoms with Gasteiger partial charge in [0.2, 0.25) is 0 Å². The normalized spacial score (nSPS) is 10.1. The Morgan fingerprint density at radius 1 is 1.07 bits per heavy atom. The van der Waals surface area contributed by atoms with Gasteiger partial charge in [0.05, 0.1) is 0 Å². The summed E-state index contributed by atoms with van der Waals surface area (Å²) in [6.07, 6.45) is 0. The van der Waals surface area contributed by atoms with Gasteiger partial charge in [0.1, 0.15) is 5.75 Å². The molecule has 0 fully saturated rings. The highest BCUT2D eigenvalue weighted by Gasteiger charge is 2.05. The molecule has 0 spiro atoms. The van der Waals surface area contributed by atoms with Gasteiger partial charge in [-0.15, -0.1) is 0 Å². The molecule has 0 saturated heterocycles. The Morgan fingerprint density at radius 2 is 1.73 bits per heavy atom. The van der Waals surface area contributed by atoms with Crippen LogP contribution < -0.4 is 9.47 Å². The first-order valence-electron chi connectivity index (χ1n) is 4.31. The van der Waals surface area contributed by atoms with Crippen molar-refractivity contribution < 1.29 is 23.3 Å². The Bertz CT molecular complexity index is 303. The number of methoxy groups -OCH3 is 2. The number of rotatable bonds is 6. The summed E-state index contributed by atoms with van der Waals surface area (Å²) in [5, 5.41) is 0. The van der Waals surface area contributed by atoms with E-state index in [0.29, 0.717) is 5.75 Å². The van der Waals surface area contributed by atoms with Crippen LogP contribution in [0.1, 0.15) is 0 Å². The average Bonchev–Trinajstić information content (AvgIpc) is 2.26. The third kappa shape index (κ3) is 3.73. The van der Waals surface area contributed by atoms with Crippen LogP contribution in [0.15, 0.2) is 18.2 Å². The van der Waals surface area contributed by atoms with Crippen molar-refractivity contribution in [1.82, 2.24) is 0 Å². The molecule has 5 heteroatoms. The van der Waals surface area contributed by atoms with E-state index in [4.69, 9.17) is 14.2 Å². The van der Waals surface area contributed by atoms with Crippen LogP contribution in [0.3, 0.4) is 0 Å². The van der Waals surface area contributed by atoms with Crippen molar-refractivity contribution in [2.24, 2.45) is 0 Å². The minimum Gasteiger partial charge on any atom is -0.467 e. The molecule has 1 aromatic rings. The van der Waals surface area contributed by atoms with Crippen LogP contribution in [-0.4, -0.2) is 27.8 Å². The van der Waals surface area contributed by atoms with Crippen molar-refractivity contribution in [3.8, 4) is 11.5 Å². The van der Waals surface area contributed by atoms with Gasteiger partial charge >= 0.3 is 0 Å². The maximum absolute atomic E-state index is 13.1. The van der Waals surface area contributed by atoms with E-state index in [2.05, 4.69) is 4.74 Å². The Hall–Kier alpha value is -1.33. The minimum atomic E-state index is -0.461. The fourth-order valence-corrected chi connectivity index (χ4v) is 0.933. The Balaban J connectivity index is 2.66. The predicted octanol–water partition coefficient (Wildman–Crippen LogP) is 1.79. The van der Waals surface area contributed by atoms with E-state index in [0.717, 1.165) is 0 Å². The number of ether oxygens (including phenoxy) is 4. The molecule has 0 heterocycles. The standard InChI is InChI=1S/C10H13FO4/c1-12-6-14-8-3-4-9(11)10(5-8)15-7-13-2/h3-5H,6-7H2,1-2H3. The number of halogens is 1. The zero-order valence-electron chi connectivity index (χ0n) is 8.66. The second-order valence-corrected chi connectivity index (χ2v) is 2.69. The quantitative estimate of drug-likeness (QED) is 0.679. The van der Waals surface area contributed by atoms with E-state index in [1.165, 1.54) is 32.4 Å². The summed E-state index contributed by atoms with van der Waals surface area (Å²) in [6, 6.07) is 4.19. The van der Waals surface area contributed by atoms with Gasteiger partial charge in [-0.1, -0.05) is 0 Å². The summed E-state index contributed by atoms with van der Waals surface area (Å²) in [5.74, 6) is 0.103. The van der Waals surface area contributed by atoms with Crippen LogP contribution in [0, 0.1) is 5.82 Å². The van der Waals surface area contributed by atoms with Gasteiger partial charge in [-0.3, -0.25) is 0 Å². The fourth-order valence-electron chi connectivity index (χ4n) is 0.933. The monoisotopic (exact) mass is 216 g/mol. The van der Waals surface area contributed by atoms with E-state index < -0.39 is 5.82 Å². The molecule has 0 atom stereocenters. The van der Waals surface area contributed by atoms with Crippen LogP contribution in [0.2, 0.25) is 0 Å². The van der Waals surface area contributed by atoms with Crippen molar-refractivity contribution >= 4 is 0 Å². The van der Waals surface area contributed by atoms with Crippen LogP contribution in [0.5, 0.6) is 11.5 Å². The molecule has 0 unspecified atom stereocenters. The molecule has 0 radical (unpaired) electrons. The predicted molar refractivity (Wildman–Crippen MR) is 51.4 cm³/mol. The fraction of sp³-hybridized carbons (Fsp3) is 0.400. The van der Waals surface area contributed by atoms with Gasteiger partial charge < -0.3 is 18.9 Å². The maximum Gasteiger partial charge on any atom is 0.188 e. The van der Waals surface area contributed by atoms with Gasteiger partial charge in [0, 0.05) is 20.3 Å². The number of hydrogen-bond acceptors (Lipinski definition) is 4. The van der Waals surface area contributed by atoms with E-state index in [1.807, 2.05) is 0 Å². The molecule has 4 nitrogen and oxygen atoms in total. The molecule has 1 aromatic carbocycles. The average molecular weight is 216 g/mol. The molecule has 84 valence electrons. The van der Waals surface area contributed by atoms with Gasteiger partial charge in [-0.25, -0.2) is 4.39 Å². The van der Waals surface area contributed by atoms with Crippen LogP contribution >= 0.6 is 0 Å². The lowest BCUT2D eigenvalue weighted by molar-refractivity contribution is 0.0440. The smallest absolute Gasteiger partial charge is 0.188 e. The van der Waals surface area contributed by atoms with Crippen LogP contribution in [0.25, 0.3) is 0 Å². The number of hydrogen-bond donors (Lipinski definition) is 0. The second-order valence-electron chi connectivity index (χ2n) is 2.69. The summed E-state index contributed by atoms with van der Waals surface area (Å²) in [4.78, 5) is 0. The first kappa shape index (κ1) is 11.7. The highest BCUT2D eigenvalue weighted by atomic mass is 19.1. The minimum absolute atomic E-state index is 0.00927. The maximum atomic E-state index is 13.1. The van der Waals surface area contributed by atoms with Crippen molar-refractivity contribution in [3.05, 3.63) is 24.0 Å². The summed E-state index contributed by atoms with van der Waals surface area (Å²) < 4.78 is 32.6. The van der Waals surface area contributed by atoms with Gasteiger partial charge in [0.15, 0.2) is 25.2 Å². The molecule has 0 aliphatic heterocycles. The first-order chi connectivity index (χ1) is 7.27. The third-order valence-electron chi connectivity index (χ3n) is 1.58. The molecule has 15 heavy (non-hydrogen) atoms. The van der Waals surface area contributed by atoms with Crippen LogP contribution in [0.4, 0.5) is 4.39 Å². The molecule has 1 rings (SSSR count). The molecular weight excluding hydrogens is 203 g/mol. The largest absolute Gasteiger partial charge is 0.467 e. The summed E-state index contributed by atoms with van der Waals surface area (Å²) in [7, 11) is 2.97. The molecular formula is C10H13FO4. The number of benzene rings is 1. The summed E-state index contributed by atoms with van der Waals surface area (Å²) in [6.45, 7) is 0.0972. The van der Waals surface area contributed by atoms with Crippen LogP contribution in [-0.2, 0) is 9.47 Å². The van der Waals surface area contributed by atoms with E-state index in [1.54, 1.807) is 0 Å². The zero-order valence-corrected chi connectivity index (χ0v) is 8.66. The third-order valence-corrected chi connectivity index (χ3v) is 1.58. The van der Waals surface area contributed by atoms with Gasteiger partial charge in [-0.2, -0.15) is 0 Å².